The molecule has 1 aliphatic heterocycles. The molecule has 0 radical (unpaired) electrons. The standard InChI is InChI=1S/C21H24N2O3/c24-20(25)14-22-21(26)19-6-4-5-18(13-19)17-9-7-16(8-10-17)15-23-11-2-1-3-12-23/h4-10,13H,1-3,11-12,14-15H2,(H,22,26)(H,24,25). The Kier molecular flexibility index (Phi) is 6.02. The maximum absolute atomic E-state index is 12.0. The van der Waals surface area contributed by atoms with Gasteiger partial charge in [-0.3, -0.25) is 14.5 Å². The molecule has 5 nitrogen and oxygen atoms in total. The van der Waals surface area contributed by atoms with Gasteiger partial charge in [0.2, 0.25) is 0 Å². The molecule has 0 saturated carbocycles. The van der Waals surface area contributed by atoms with Crippen LogP contribution in [0.4, 0.5) is 0 Å². The van der Waals surface area contributed by atoms with Gasteiger partial charge in [-0.25, -0.2) is 0 Å². The van der Waals surface area contributed by atoms with Crippen molar-refractivity contribution in [2.24, 2.45) is 0 Å². The maximum atomic E-state index is 12.0. The number of nitrogens with zero attached hydrogens (tertiary/aromatic N) is 1. The highest BCUT2D eigenvalue weighted by Gasteiger charge is 2.11. The van der Waals surface area contributed by atoms with Gasteiger partial charge >= 0.3 is 5.97 Å². The van der Waals surface area contributed by atoms with E-state index >= 15 is 0 Å². The third-order valence-electron chi connectivity index (χ3n) is 4.67. The van der Waals surface area contributed by atoms with Crippen molar-refractivity contribution in [2.75, 3.05) is 19.6 Å². The summed E-state index contributed by atoms with van der Waals surface area (Å²) >= 11 is 0. The second kappa shape index (κ2) is 8.63. The lowest BCUT2D eigenvalue weighted by Gasteiger charge is -2.26. The summed E-state index contributed by atoms with van der Waals surface area (Å²) in [5.41, 5.74) is 3.74. The zero-order chi connectivity index (χ0) is 18.4. The van der Waals surface area contributed by atoms with E-state index in [1.54, 1.807) is 12.1 Å². The van der Waals surface area contributed by atoms with Crippen LogP contribution in [0.15, 0.2) is 48.5 Å². The minimum absolute atomic E-state index is 0.379. The molecule has 0 unspecified atom stereocenters. The summed E-state index contributed by atoms with van der Waals surface area (Å²) in [6, 6.07) is 15.7. The molecule has 3 rings (SSSR count). The van der Waals surface area contributed by atoms with E-state index in [1.807, 2.05) is 12.1 Å². The molecule has 0 bridgehead atoms. The average Bonchev–Trinajstić information content (AvgIpc) is 2.67. The molecule has 136 valence electrons. The Labute approximate surface area is 153 Å². The number of carbonyl (C=O) groups is 2. The number of amides is 1. The van der Waals surface area contributed by atoms with Crippen LogP contribution in [0.1, 0.15) is 35.2 Å². The molecular formula is C21H24N2O3. The highest BCUT2D eigenvalue weighted by atomic mass is 16.4. The van der Waals surface area contributed by atoms with Crippen LogP contribution in [0.3, 0.4) is 0 Å². The smallest absolute Gasteiger partial charge is 0.322 e. The molecule has 1 saturated heterocycles. The Balaban J connectivity index is 1.67. The highest BCUT2D eigenvalue weighted by Crippen LogP contribution is 2.22. The van der Waals surface area contributed by atoms with Crippen molar-refractivity contribution >= 4 is 11.9 Å². The number of carboxylic acid groups (broad SMARTS) is 1. The minimum atomic E-state index is -1.06. The summed E-state index contributed by atoms with van der Waals surface area (Å²) in [5.74, 6) is -1.44. The van der Waals surface area contributed by atoms with Gasteiger partial charge in [-0.05, 0) is 54.8 Å². The minimum Gasteiger partial charge on any atom is -0.480 e. The first-order valence-corrected chi connectivity index (χ1v) is 9.03. The summed E-state index contributed by atoms with van der Waals surface area (Å²) < 4.78 is 0. The van der Waals surface area contributed by atoms with E-state index in [-0.39, 0.29) is 12.5 Å². The van der Waals surface area contributed by atoms with Gasteiger partial charge in [0.15, 0.2) is 0 Å². The number of hydrogen-bond acceptors (Lipinski definition) is 3. The fraction of sp³-hybridized carbons (Fsp3) is 0.333. The maximum Gasteiger partial charge on any atom is 0.322 e. The topological polar surface area (TPSA) is 69.6 Å². The first-order valence-electron chi connectivity index (χ1n) is 9.03. The summed E-state index contributed by atoms with van der Waals surface area (Å²) in [6.45, 7) is 2.96. The number of rotatable bonds is 6. The van der Waals surface area contributed by atoms with Gasteiger partial charge in [-0.2, -0.15) is 0 Å². The van der Waals surface area contributed by atoms with E-state index < -0.39 is 5.97 Å². The molecule has 1 fully saturated rings. The van der Waals surface area contributed by atoms with Crippen LogP contribution in [0, 0.1) is 0 Å². The lowest BCUT2D eigenvalue weighted by molar-refractivity contribution is -0.135. The molecule has 0 spiro atoms. The van der Waals surface area contributed by atoms with Crippen LogP contribution < -0.4 is 5.32 Å². The number of hydrogen-bond donors (Lipinski definition) is 2. The molecule has 2 aromatic rings. The van der Waals surface area contributed by atoms with E-state index in [1.165, 1.54) is 37.9 Å². The van der Waals surface area contributed by atoms with Crippen molar-refractivity contribution in [3.63, 3.8) is 0 Å². The second-order valence-electron chi connectivity index (χ2n) is 6.69. The van der Waals surface area contributed by atoms with Crippen LogP contribution >= 0.6 is 0 Å². The Morgan fingerprint density at radius 1 is 0.962 bits per heavy atom. The highest BCUT2D eigenvalue weighted by molar-refractivity contribution is 5.96. The molecule has 0 aromatic heterocycles. The zero-order valence-electron chi connectivity index (χ0n) is 14.8. The van der Waals surface area contributed by atoms with Crippen LogP contribution in [0.25, 0.3) is 11.1 Å². The number of benzene rings is 2. The average molecular weight is 352 g/mol. The van der Waals surface area contributed by atoms with Crippen LogP contribution in [-0.2, 0) is 11.3 Å². The first-order chi connectivity index (χ1) is 12.6. The van der Waals surface area contributed by atoms with E-state index in [0.29, 0.717) is 5.56 Å². The molecule has 1 aliphatic rings. The lowest BCUT2D eigenvalue weighted by Crippen LogP contribution is -2.29. The van der Waals surface area contributed by atoms with Gasteiger partial charge in [0, 0.05) is 12.1 Å². The molecule has 2 N–H and O–H groups in total. The van der Waals surface area contributed by atoms with Crippen LogP contribution in [0.5, 0.6) is 0 Å². The van der Waals surface area contributed by atoms with Crippen molar-refractivity contribution in [3.05, 3.63) is 59.7 Å². The number of piperidine rings is 1. The van der Waals surface area contributed by atoms with E-state index in [9.17, 15) is 9.59 Å². The number of nitrogens with one attached hydrogen (secondary N) is 1. The molecular weight excluding hydrogens is 328 g/mol. The predicted octanol–water partition coefficient (Wildman–Crippen LogP) is 3.15. The first kappa shape index (κ1) is 18.1. The zero-order valence-corrected chi connectivity index (χ0v) is 14.8. The fourth-order valence-electron chi connectivity index (χ4n) is 3.28. The van der Waals surface area contributed by atoms with E-state index in [4.69, 9.17) is 5.11 Å². The lowest BCUT2D eigenvalue weighted by atomic mass is 10.0. The van der Waals surface area contributed by atoms with Gasteiger partial charge in [0.25, 0.3) is 5.91 Å². The molecule has 0 atom stereocenters. The largest absolute Gasteiger partial charge is 0.480 e. The summed E-state index contributed by atoms with van der Waals surface area (Å²) in [7, 11) is 0. The third-order valence-corrected chi connectivity index (χ3v) is 4.67. The Morgan fingerprint density at radius 2 is 1.69 bits per heavy atom. The molecule has 1 heterocycles. The van der Waals surface area contributed by atoms with E-state index in [2.05, 4.69) is 34.5 Å². The van der Waals surface area contributed by atoms with Gasteiger partial charge in [-0.1, -0.05) is 42.8 Å². The van der Waals surface area contributed by atoms with Gasteiger partial charge in [-0.15, -0.1) is 0 Å². The van der Waals surface area contributed by atoms with Gasteiger partial charge in [0.1, 0.15) is 6.54 Å². The third kappa shape index (κ3) is 4.92. The Morgan fingerprint density at radius 3 is 2.38 bits per heavy atom. The van der Waals surface area contributed by atoms with Crippen molar-refractivity contribution in [1.82, 2.24) is 10.2 Å². The van der Waals surface area contributed by atoms with Crippen molar-refractivity contribution in [1.29, 1.82) is 0 Å². The fourth-order valence-corrected chi connectivity index (χ4v) is 3.28. The Bertz CT molecular complexity index is 765. The Hall–Kier alpha value is -2.66. The van der Waals surface area contributed by atoms with Crippen LogP contribution in [0.2, 0.25) is 0 Å². The van der Waals surface area contributed by atoms with E-state index in [0.717, 1.165) is 17.7 Å². The van der Waals surface area contributed by atoms with Crippen LogP contribution in [-0.4, -0.2) is 41.5 Å². The summed E-state index contributed by atoms with van der Waals surface area (Å²) in [6.07, 6.45) is 3.91. The monoisotopic (exact) mass is 352 g/mol. The normalized spacial score (nSPS) is 14.8. The predicted molar refractivity (Wildman–Crippen MR) is 101 cm³/mol. The second-order valence-corrected chi connectivity index (χ2v) is 6.69. The van der Waals surface area contributed by atoms with Crippen molar-refractivity contribution < 1.29 is 14.7 Å². The number of aliphatic carboxylic acids is 1. The number of carbonyl (C=O) groups excluding carboxylic acids is 1. The molecule has 5 heteroatoms. The summed E-state index contributed by atoms with van der Waals surface area (Å²) in [4.78, 5) is 25.1. The number of carboxylic acids is 1. The SMILES string of the molecule is O=C(O)CNC(=O)c1cccc(-c2ccc(CN3CCCCC3)cc2)c1. The van der Waals surface area contributed by atoms with Gasteiger partial charge in [0.05, 0.1) is 0 Å². The number of likely N-dealkylation sites (tertiary alicyclic amines) is 1. The molecule has 1 amide bonds. The quantitative estimate of drug-likeness (QED) is 0.838. The molecule has 26 heavy (non-hydrogen) atoms. The summed E-state index contributed by atoms with van der Waals surface area (Å²) in [5, 5.41) is 11.1. The van der Waals surface area contributed by atoms with Crippen molar-refractivity contribution in [2.45, 2.75) is 25.8 Å². The van der Waals surface area contributed by atoms with Crippen molar-refractivity contribution in [3.8, 4) is 11.1 Å². The van der Waals surface area contributed by atoms with Gasteiger partial charge < -0.3 is 10.4 Å². The molecule has 2 aromatic carbocycles. The molecule has 0 aliphatic carbocycles.